The molecule has 1 aromatic rings. The predicted molar refractivity (Wildman–Crippen MR) is 40.4 cm³/mol. The highest BCUT2D eigenvalue weighted by atomic mass is 16.6. The highest BCUT2D eigenvalue weighted by Crippen LogP contribution is 2.18. The van der Waals surface area contributed by atoms with Crippen LogP contribution in [0.1, 0.15) is 5.56 Å². The Balaban J connectivity index is 3.23. The number of nitro benzene ring substituents is 1. The maximum absolute atomic E-state index is 10.4. The van der Waals surface area contributed by atoms with Crippen molar-refractivity contribution in [1.82, 2.24) is 0 Å². The molecule has 11 heavy (non-hydrogen) atoms. The highest BCUT2D eigenvalue weighted by Gasteiger charge is 2.10. The third-order valence-corrected chi connectivity index (χ3v) is 1.47. The number of hydrogen-bond donors (Lipinski definition) is 1. The van der Waals surface area contributed by atoms with Crippen LogP contribution < -0.4 is 5.73 Å². The first-order valence-corrected chi connectivity index (χ1v) is 3.18. The van der Waals surface area contributed by atoms with Gasteiger partial charge in [0.2, 0.25) is 0 Å². The van der Waals surface area contributed by atoms with Crippen LogP contribution >= 0.6 is 0 Å². The van der Waals surface area contributed by atoms with Gasteiger partial charge in [0.05, 0.1) is 11.0 Å². The molecule has 0 aromatic heterocycles. The third-order valence-electron chi connectivity index (χ3n) is 1.47. The van der Waals surface area contributed by atoms with Gasteiger partial charge < -0.3 is 5.73 Å². The molecule has 0 amide bonds. The van der Waals surface area contributed by atoms with Crippen LogP contribution in [0.5, 0.6) is 0 Å². The molecule has 0 unspecified atom stereocenters. The zero-order chi connectivity index (χ0) is 8.43. The zero-order valence-corrected chi connectivity index (χ0v) is 6.20. The summed E-state index contributed by atoms with van der Waals surface area (Å²) >= 11 is 0. The molecule has 1 aromatic carbocycles. The Hall–Kier alpha value is -1.42. The van der Waals surface area contributed by atoms with Crippen molar-refractivity contribution in [2.24, 2.45) is 0 Å². The minimum absolute atomic E-state index is 0.137. The number of nitrogens with zero attached hydrogens (tertiary/aromatic N) is 1. The lowest BCUT2D eigenvalue weighted by Crippen LogP contribution is -2.40. The summed E-state index contributed by atoms with van der Waals surface area (Å²) in [6.07, 6.45) is 0. The van der Waals surface area contributed by atoms with E-state index in [-0.39, 0.29) is 5.69 Å². The standard InChI is InChI=1S/C7H8N2O2/c1-5-2-3-6(8)4-7(5)9(10)11/h2-4H,8H2,1H3/p+1. The molecule has 0 aliphatic heterocycles. The van der Waals surface area contributed by atoms with Crippen LogP contribution in [-0.2, 0) is 0 Å². The fraction of sp³-hybridized carbons (Fsp3) is 0.143. The number of nitro groups is 1. The highest BCUT2D eigenvalue weighted by molar-refractivity contribution is 5.47. The minimum atomic E-state index is -0.399. The van der Waals surface area contributed by atoms with Gasteiger partial charge in [-0.15, -0.1) is 0 Å². The van der Waals surface area contributed by atoms with Gasteiger partial charge in [0, 0.05) is 5.56 Å². The van der Waals surface area contributed by atoms with Gasteiger partial charge >= 0.3 is 0 Å². The van der Waals surface area contributed by atoms with Crippen molar-refractivity contribution >= 4 is 11.4 Å². The van der Waals surface area contributed by atoms with E-state index >= 15 is 0 Å². The third kappa shape index (κ3) is 1.53. The fourth-order valence-electron chi connectivity index (χ4n) is 0.852. The molecule has 0 heterocycles. The second kappa shape index (κ2) is 2.67. The van der Waals surface area contributed by atoms with E-state index in [0.29, 0.717) is 11.3 Å². The number of benzene rings is 1. The molecular weight excluding hydrogens is 144 g/mol. The van der Waals surface area contributed by atoms with Crippen LogP contribution in [0.4, 0.5) is 11.4 Å². The van der Waals surface area contributed by atoms with E-state index in [1.165, 1.54) is 6.07 Å². The van der Waals surface area contributed by atoms with Crippen molar-refractivity contribution in [3.05, 3.63) is 33.9 Å². The Morgan fingerprint density at radius 3 is 2.64 bits per heavy atom. The largest absolute Gasteiger partial charge is 0.325 e. The average Bonchev–Trinajstić information content (AvgIpc) is 1.94. The van der Waals surface area contributed by atoms with E-state index in [1.807, 2.05) is 0 Å². The molecule has 0 saturated heterocycles. The first kappa shape index (κ1) is 7.68. The lowest BCUT2D eigenvalue weighted by molar-refractivity contribution is -0.386. The van der Waals surface area contributed by atoms with Crippen molar-refractivity contribution in [3.63, 3.8) is 0 Å². The Morgan fingerprint density at radius 1 is 1.55 bits per heavy atom. The van der Waals surface area contributed by atoms with Gasteiger partial charge in [-0.05, 0) is 19.1 Å². The lowest BCUT2D eigenvalue weighted by Gasteiger charge is -1.94. The number of quaternary nitrogens is 1. The smallest absolute Gasteiger partial charge is 0.278 e. The summed E-state index contributed by atoms with van der Waals surface area (Å²) in [6.45, 7) is 1.71. The Labute approximate surface area is 63.8 Å². The van der Waals surface area contributed by atoms with E-state index in [9.17, 15) is 10.1 Å². The second-order valence-corrected chi connectivity index (χ2v) is 2.38. The minimum Gasteiger partial charge on any atom is -0.325 e. The molecule has 4 nitrogen and oxygen atoms in total. The van der Waals surface area contributed by atoms with Crippen molar-refractivity contribution in [1.29, 1.82) is 0 Å². The predicted octanol–water partition coefficient (Wildman–Crippen LogP) is 0.777. The zero-order valence-electron chi connectivity index (χ0n) is 6.20. The van der Waals surface area contributed by atoms with Gasteiger partial charge in [0.1, 0.15) is 5.69 Å². The number of hydrogen-bond acceptors (Lipinski definition) is 2. The molecule has 0 fully saturated rings. The first-order chi connectivity index (χ1) is 5.11. The molecule has 0 bridgehead atoms. The monoisotopic (exact) mass is 153 g/mol. The van der Waals surface area contributed by atoms with E-state index in [1.54, 1.807) is 19.1 Å². The van der Waals surface area contributed by atoms with Crippen molar-refractivity contribution in [2.75, 3.05) is 0 Å². The van der Waals surface area contributed by atoms with E-state index in [4.69, 9.17) is 0 Å². The molecule has 0 radical (unpaired) electrons. The summed E-state index contributed by atoms with van der Waals surface area (Å²) < 4.78 is 0. The van der Waals surface area contributed by atoms with Gasteiger partial charge in [-0.25, -0.2) is 0 Å². The van der Waals surface area contributed by atoms with Gasteiger partial charge in [0.15, 0.2) is 0 Å². The van der Waals surface area contributed by atoms with Gasteiger partial charge in [-0.1, -0.05) is 0 Å². The molecule has 0 aliphatic carbocycles. The molecular formula is C7H9N2O2+. The molecule has 58 valence electrons. The van der Waals surface area contributed by atoms with Crippen LogP contribution in [0.25, 0.3) is 0 Å². The van der Waals surface area contributed by atoms with Crippen LogP contribution in [0.15, 0.2) is 18.2 Å². The summed E-state index contributed by atoms with van der Waals surface area (Å²) in [7, 11) is 0. The summed E-state index contributed by atoms with van der Waals surface area (Å²) in [5, 5.41) is 10.4. The SMILES string of the molecule is Cc1ccc([NH3+])cc1[N+](=O)[O-]. The van der Waals surface area contributed by atoms with Crippen molar-refractivity contribution < 1.29 is 10.7 Å². The van der Waals surface area contributed by atoms with Crippen LogP contribution in [-0.4, -0.2) is 4.92 Å². The van der Waals surface area contributed by atoms with E-state index in [0.717, 1.165) is 0 Å². The van der Waals surface area contributed by atoms with E-state index < -0.39 is 4.92 Å². The summed E-state index contributed by atoms with van der Waals surface area (Å²) in [4.78, 5) is 9.95. The Bertz CT molecular complexity index is 296. The van der Waals surface area contributed by atoms with Crippen LogP contribution in [0, 0.1) is 17.0 Å². The van der Waals surface area contributed by atoms with Crippen LogP contribution in [0.2, 0.25) is 0 Å². The maximum atomic E-state index is 10.4. The molecule has 3 N–H and O–H groups in total. The first-order valence-electron chi connectivity index (χ1n) is 3.18. The average molecular weight is 153 g/mol. The topological polar surface area (TPSA) is 70.8 Å². The Morgan fingerprint density at radius 2 is 2.18 bits per heavy atom. The molecule has 1 rings (SSSR count). The van der Waals surface area contributed by atoms with Crippen molar-refractivity contribution in [3.8, 4) is 0 Å². The summed E-state index contributed by atoms with van der Waals surface area (Å²) in [5.74, 6) is 0. The normalized spacial score (nSPS) is 9.64. The molecule has 0 spiro atoms. The number of rotatable bonds is 1. The maximum Gasteiger partial charge on any atom is 0.278 e. The number of aryl methyl sites for hydroxylation is 1. The second-order valence-electron chi connectivity index (χ2n) is 2.38. The molecule has 4 heteroatoms. The van der Waals surface area contributed by atoms with Crippen molar-refractivity contribution in [2.45, 2.75) is 6.92 Å². The molecule has 0 saturated carbocycles. The van der Waals surface area contributed by atoms with Crippen LogP contribution in [0.3, 0.4) is 0 Å². The van der Waals surface area contributed by atoms with Gasteiger partial charge in [0.25, 0.3) is 5.69 Å². The fourth-order valence-corrected chi connectivity index (χ4v) is 0.852. The summed E-state index contributed by atoms with van der Waals surface area (Å²) in [5.41, 5.74) is 5.07. The van der Waals surface area contributed by atoms with Gasteiger partial charge in [-0.3, -0.25) is 10.1 Å². The van der Waals surface area contributed by atoms with Gasteiger partial charge in [-0.2, -0.15) is 0 Å². The Kier molecular flexibility index (Phi) is 1.87. The lowest BCUT2D eigenvalue weighted by atomic mass is 10.2. The van der Waals surface area contributed by atoms with E-state index in [2.05, 4.69) is 5.73 Å². The summed E-state index contributed by atoms with van der Waals surface area (Å²) in [6, 6.07) is 4.91. The molecule has 0 aliphatic rings. The molecule has 0 atom stereocenters. The quantitative estimate of drug-likeness (QED) is 0.478.